The smallest absolute Gasteiger partial charge is 0.191 e. The number of rotatable bonds is 7. The topological polar surface area (TPSA) is 72.8 Å². The monoisotopic (exact) mass is 420 g/mol. The number of pyridine rings is 1. The minimum absolute atomic E-state index is 0.0287. The van der Waals surface area contributed by atoms with Gasteiger partial charge in [-0.05, 0) is 42.7 Å². The number of ether oxygens (including phenoxy) is 1. The van der Waals surface area contributed by atoms with E-state index < -0.39 is 0 Å². The first-order valence-electron chi connectivity index (χ1n) is 9.89. The number of benzene rings is 2. The lowest BCUT2D eigenvalue weighted by Gasteiger charge is -2.10. The van der Waals surface area contributed by atoms with Gasteiger partial charge in [0.15, 0.2) is 16.4 Å². The first kappa shape index (κ1) is 20.2. The van der Waals surface area contributed by atoms with Gasteiger partial charge in [0, 0.05) is 35.5 Å². The van der Waals surface area contributed by atoms with Gasteiger partial charge in [-0.3, -0.25) is 4.79 Å². The Hall–Kier alpha value is -3.06. The Morgan fingerprint density at radius 3 is 2.80 bits per heavy atom. The van der Waals surface area contributed by atoms with E-state index in [1.165, 1.54) is 17.3 Å². The van der Waals surface area contributed by atoms with Crippen LogP contribution in [-0.2, 0) is 25.8 Å². The van der Waals surface area contributed by atoms with Crippen LogP contribution in [0.1, 0.15) is 29.6 Å². The molecule has 2 heterocycles. The number of aryl methyl sites for hydroxylation is 2. The van der Waals surface area contributed by atoms with Crippen LogP contribution in [0.4, 0.5) is 0 Å². The van der Waals surface area contributed by atoms with Crippen molar-refractivity contribution in [2.75, 3.05) is 0 Å². The highest BCUT2D eigenvalue weighted by molar-refractivity contribution is 7.98. The predicted octanol–water partition coefficient (Wildman–Crippen LogP) is 4.40. The van der Waals surface area contributed by atoms with Gasteiger partial charge in [0.25, 0.3) is 0 Å². The normalized spacial score (nSPS) is 11.2. The summed E-state index contributed by atoms with van der Waals surface area (Å²) in [6.45, 7) is 4.48. The first-order valence-corrected chi connectivity index (χ1v) is 10.9. The van der Waals surface area contributed by atoms with E-state index in [0.717, 1.165) is 39.9 Å². The molecule has 0 amide bonds. The lowest BCUT2D eigenvalue weighted by molar-refractivity contribution is 0.287. The largest absolute Gasteiger partial charge is 0.485 e. The summed E-state index contributed by atoms with van der Waals surface area (Å²) in [5.74, 6) is 2.23. The molecular weight excluding hydrogens is 396 g/mol. The molecule has 0 saturated heterocycles. The Balaban J connectivity index is 1.46. The second-order valence-electron chi connectivity index (χ2n) is 7.20. The van der Waals surface area contributed by atoms with Crippen molar-refractivity contribution >= 4 is 22.7 Å². The molecule has 2 aromatic carbocycles. The second-order valence-corrected chi connectivity index (χ2v) is 8.15. The van der Waals surface area contributed by atoms with Gasteiger partial charge < -0.3 is 14.3 Å². The number of H-pyrrole nitrogens is 1. The van der Waals surface area contributed by atoms with E-state index >= 15 is 0 Å². The molecular formula is C23H24N4O2S. The third kappa shape index (κ3) is 4.26. The zero-order valence-corrected chi connectivity index (χ0v) is 18.1. The molecule has 0 radical (unpaired) electrons. The maximum absolute atomic E-state index is 12.4. The molecule has 0 fully saturated rings. The van der Waals surface area contributed by atoms with E-state index in [1.54, 1.807) is 6.07 Å². The molecule has 4 rings (SSSR count). The average Bonchev–Trinajstić information content (AvgIpc) is 3.10. The summed E-state index contributed by atoms with van der Waals surface area (Å²) < 4.78 is 7.90. The number of aromatic amines is 1. The van der Waals surface area contributed by atoms with Crippen LogP contribution in [0.25, 0.3) is 10.9 Å². The Morgan fingerprint density at radius 1 is 1.13 bits per heavy atom. The highest BCUT2D eigenvalue weighted by atomic mass is 32.2. The number of nitrogens with one attached hydrogen (secondary N) is 1. The quantitative estimate of drug-likeness (QED) is 0.449. The summed E-state index contributed by atoms with van der Waals surface area (Å²) in [7, 11) is 1.93. The zero-order valence-electron chi connectivity index (χ0n) is 17.3. The Bertz CT molecular complexity index is 1250. The van der Waals surface area contributed by atoms with Gasteiger partial charge >= 0.3 is 0 Å². The van der Waals surface area contributed by atoms with E-state index in [-0.39, 0.29) is 5.43 Å². The van der Waals surface area contributed by atoms with E-state index in [0.29, 0.717) is 17.7 Å². The number of para-hydroxylation sites is 1. The van der Waals surface area contributed by atoms with E-state index in [2.05, 4.69) is 28.2 Å². The molecule has 0 bridgehead atoms. The molecule has 0 aliphatic rings. The number of nitrogens with zero attached hydrogens (tertiary/aromatic N) is 3. The molecule has 154 valence electrons. The number of thioether (sulfide) groups is 1. The minimum Gasteiger partial charge on any atom is -0.485 e. The maximum Gasteiger partial charge on any atom is 0.191 e. The van der Waals surface area contributed by atoms with Crippen LogP contribution >= 0.6 is 11.8 Å². The fourth-order valence-electron chi connectivity index (χ4n) is 3.32. The summed E-state index contributed by atoms with van der Waals surface area (Å²) >= 11 is 1.54. The van der Waals surface area contributed by atoms with Crippen molar-refractivity contribution in [3.63, 3.8) is 0 Å². The van der Waals surface area contributed by atoms with Gasteiger partial charge in [0.1, 0.15) is 12.4 Å². The molecule has 30 heavy (non-hydrogen) atoms. The molecule has 0 unspecified atom stereocenters. The highest BCUT2D eigenvalue weighted by Crippen LogP contribution is 2.23. The van der Waals surface area contributed by atoms with Gasteiger partial charge in [-0.15, -0.1) is 10.2 Å². The third-order valence-electron chi connectivity index (χ3n) is 5.03. The van der Waals surface area contributed by atoms with Crippen LogP contribution in [0.3, 0.4) is 0 Å². The summed E-state index contributed by atoms with van der Waals surface area (Å²) in [5.41, 5.74) is 4.04. The number of hydrogen-bond acceptors (Lipinski definition) is 5. The summed E-state index contributed by atoms with van der Waals surface area (Å²) in [5, 5.41) is 10.0. The van der Waals surface area contributed by atoms with Crippen LogP contribution in [0.2, 0.25) is 0 Å². The zero-order chi connectivity index (χ0) is 21.1. The van der Waals surface area contributed by atoms with Crippen molar-refractivity contribution < 1.29 is 4.74 Å². The van der Waals surface area contributed by atoms with E-state index in [4.69, 9.17) is 4.74 Å². The van der Waals surface area contributed by atoms with Crippen molar-refractivity contribution in [3.8, 4) is 5.75 Å². The summed E-state index contributed by atoms with van der Waals surface area (Å²) in [4.78, 5) is 15.7. The summed E-state index contributed by atoms with van der Waals surface area (Å²) in [6.07, 6.45) is 0.916. The predicted molar refractivity (Wildman–Crippen MR) is 120 cm³/mol. The fraction of sp³-hybridized carbons (Fsp3) is 0.261. The molecule has 6 nitrogen and oxygen atoms in total. The van der Waals surface area contributed by atoms with Crippen molar-refractivity contribution in [2.45, 2.75) is 37.8 Å². The Morgan fingerprint density at radius 2 is 1.97 bits per heavy atom. The summed E-state index contributed by atoms with van der Waals surface area (Å²) in [6, 6.07) is 15.5. The third-order valence-corrected chi connectivity index (χ3v) is 6.10. The van der Waals surface area contributed by atoms with E-state index in [9.17, 15) is 4.79 Å². The number of hydrogen-bond donors (Lipinski definition) is 1. The molecule has 4 aromatic rings. The molecule has 0 atom stereocenters. The standard InChI is InChI=1S/C23H24N4O2S/c1-4-16-7-5-6-8-21(16)29-13-22-25-26-23(27(22)3)30-14-17-12-20(28)18-10-9-15(2)11-19(18)24-17/h5-12H,4,13-14H2,1-3H3,(H,24,28). The SMILES string of the molecule is CCc1ccccc1OCc1nnc(SCc2cc(=O)c3ccc(C)cc3[nH]2)n1C. The van der Waals surface area contributed by atoms with Gasteiger partial charge in [-0.2, -0.15) is 0 Å². The first-order chi connectivity index (χ1) is 14.5. The fourth-order valence-corrected chi connectivity index (χ4v) is 4.15. The van der Waals surface area contributed by atoms with Gasteiger partial charge in [-0.1, -0.05) is 43.0 Å². The van der Waals surface area contributed by atoms with Gasteiger partial charge in [-0.25, -0.2) is 0 Å². The lowest BCUT2D eigenvalue weighted by Crippen LogP contribution is -2.06. The van der Waals surface area contributed by atoms with Crippen LogP contribution in [0.5, 0.6) is 5.75 Å². The van der Waals surface area contributed by atoms with Gasteiger partial charge in [0.05, 0.1) is 0 Å². The van der Waals surface area contributed by atoms with Crippen LogP contribution in [0.15, 0.2) is 58.5 Å². The maximum atomic E-state index is 12.4. The molecule has 0 aliphatic heterocycles. The molecule has 0 saturated carbocycles. The van der Waals surface area contributed by atoms with Gasteiger partial charge in [0.2, 0.25) is 0 Å². The lowest BCUT2D eigenvalue weighted by atomic mass is 10.1. The second kappa shape index (κ2) is 8.75. The number of fused-ring (bicyclic) bond motifs is 1. The molecule has 0 spiro atoms. The van der Waals surface area contributed by atoms with Crippen molar-refractivity contribution in [1.29, 1.82) is 0 Å². The Labute approximate surface area is 179 Å². The minimum atomic E-state index is 0.0287. The molecule has 0 aliphatic carbocycles. The highest BCUT2D eigenvalue weighted by Gasteiger charge is 2.12. The Kier molecular flexibility index (Phi) is 5.90. The number of aromatic nitrogens is 4. The van der Waals surface area contributed by atoms with E-state index in [1.807, 2.05) is 54.9 Å². The van der Waals surface area contributed by atoms with Crippen molar-refractivity contribution in [3.05, 3.63) is 81.4 Å². The molecule has 7 heteroatoms. The van der Waals surface area contributed by atoms with Crippen molar-refractivity contribution in [2.24, 2.45) is 7.05 Å². The van der Waals surface area contributed by atoms with Crippen LogP contribution < -0.4 is 10.2 Å². The molecule has 1 N–H and O–H groups in total. The van der Waals surface area contributed by atoms with Crippen LogP contribution in [-0.4, -0.2) is 19.7 Å². The van der Waals surface area contributed by atoms with Crippen LogP contribution in [0, 0.1) is 6.92 Å². The average molecular weight is 421 g/mol. The van der Waals surface area contributed by atoms with Crippen molar-refractivity contribution in [1.82, 2.24) is 19.7 Å². The molecule has 2 aromatic heterocycles.